The highest BCUT2D eigenvalue weighted by molar-refractivity contribution is 6.39. The number of carbonyl (C=O) groups is 2. The van der Waals surface area contributed by atoms with E-state index in [9.17, 15) is 9.59 Å². The van der Waals surface area contributed by atoms with Crippen LogP contribution in [0.2, 0.25) is 10.0 Å². The van der Waals surface area contributed by atoms with Crippen LogP contribution in [0.3, 0.4) is 0 Å². The minimum absolute atomic E-state index is 0.305. The number of amides is 2. The number of aryl methyl sites for hydroxylation is 1. The fourth-order valence-corrected chi connectivity index (χ4v) is 2.55. The first-order chi connectivity index (χ1) is 11.9. The Morgan fingerprint density at radius 2 is 1.68 bits per heavy atom. The molecule has 0 spiro atoms. The first-order valence-corrected chi connectivity index (χ1v) is 7.90. The van der Waals surface area contributed by atoms with E-state index in [0.29, 0.717) is 27.0 Å². The lowest BCUT2D eigenvalue weighted by atomic mass is 10.2. The normalized spacial score (nSPS) is 10.6. The number of halogens is 2. The van der Waals surface area contributed by atoms with Gasteiger partial charge in [0.25, 0.3) is 0 Å². The van der Waals surface area contributed by atoms with Gasteiger partial charge in [-0.15, -0.1) is 0 Å². The van der Waals surface area contributed by atoms with Crippen LogP contribution in [0.15, 0.2) is 41.5 Å². The predicted octanol–water partition coefficient (Wildman–Crippen LogP) is 3.40. The lowest BCUT2D eigenvalue weighted by Crippen LogP contribution is -2.32. The number of hydrazone groups is 1. The Morgan fingerprint density at radius 1 is 1.08 bits per heavy atom. The second kappa shape index (κ2) is 8.50. The van der Waals surface area contributed by atoms with Crippen LogP contribution in [-0.2, 0) is 9.59 Å². The van der Waals surface area contributed by atoms with Gasteiger partial charge in [-0.2, -0.15) is 5.10 Å². The largest absolute Gasteiger partial charge is 0.494 e. The summed E-state index contributed by atoms with van der Waals surface area (Å²) in [5.74, 6) is -1.38. The predicted molar refractivity (Wildman–Crippen MR) is 98.6 cm³/mol. The smallest absolute Gasteiger partial charge is 0.329 e. The van der Waals surface area contributed by atoms with Crippen LogP contribution < -0.4 is 15.5 Å². The van der Waals surface area contributed by atoms with E-state index < -0.39 is 11.8 Å². The number of rotatable bonds is 4. The third-order valence-corrected chi connectivity index (χ3v) is 3.68. The van der Waals surface area contributed by atoms with Gasteiger partial charge < -0.3 is 10.1 Å². The van der Waals surface area contributed by atoms with Gasteiger partial charge in [-0.05, 0) is 36.8 Å². The lowest BCUT2D eigenvalue weighted by Gasteiger charge is -2.06. The van der Waals surface area contributed by atoms with Crippen molar-refractivity contribution in [3.63, 3.8) is 0 Å². The fourth-order valence-electron chi connectivity index (χ4n) is 1.89. The van der Waals surface area contributed by atoms with Crippen LogP contribution in [0.1, 0.15) is 11.1 Å². The highest BCUT2D eigenvalue weighted by Gasteiger charge is 2.13. The van der Waals surface area contributed by atoms with Gasteiger partial charge in [0.1, 0.15) is 0 Å². The van der Waals surface area contributed by atoms with Gasteiger partial charge in [0.05, 0.1) is 23.4 Å². The zero-order valence-electron chi connectivity index (χ0n) is 13.5. The van der Waals surface area contributed by atoms with Crippen LogP contribution in [-0.4, -0.2) is 25.1 Å². The van der Waals surface area contributed by atoms with Crippen LogP contribution in [0.25, 0.3) is 0 Å². The van der Waals surface area contributed by atoms with Crippen molar-refractivity contribution in [2.45, 2.75) is 6.92 Å². The molecule has 0 heterocycles. The molecule has 130 valence electrons. The molecule has 2 aromatic carbocycles. The number of anilines is 1. The molecule has 8 heteroatoms. The van der Waals surface area contributed by atoms with Crippen molar-refractivity contribution in [2.24, 2.45) is 5.10 Å². The molecule has 2 amide bonds. The molecule has 0 bridgehead atoms. The highest BCUT2D eigenvalue weighted by Crippen LogP contribution is 2.33. The summed E-state index contributed by atoms with van der Waals surface area (Å²) in [6, 6.07) is 10.2. The molecular weight excluding hydrogens is 365 g/mol. The fraction of sp³-hybridized carbons (Fsp3) is 0.118. The molecule has 0 saturated carbocycles. The number of ether oxygens (including phenoxy) is 1. The Bertz CT molecular complexity index is 797. The molecule has 0 unspecified atom stereocenters. The topological polar surface area (TPSA) is 79.8 Å². The SMILES string of the molecule is COc1c(Cl)cc(/C=N\NC(=O)C(=O)Nc2ccc(C)cc2)cc1Cl. The van der Waals surface area contributed by atoms with Crippen LogP contribution >= 0.6 is 23.2 Å². The molecule has 2 N–H and O–H groups in total. The summed E-state index contributed by atoms with van der Waals surface area (Å²) in [7, 11) is 1.45. The average Bonchev–Trinajstić information content (AvgIpc) is 2.56. The highest BCUT2D eigenvalue weighted by atomic mass is 35.5. The van der Waals surface area contributed by atoms with Crippen LogP contribution in [0.5, 0.6) is 5.75 Å². The molecule has 0 aliphatic rings. The summed E-state index contributed by atoms with van der Waals surface area (Å²) in [6.07, 6.45) is 1.31. The van der Waals surface area contributed by atoms with Gasteiger partial charge >= 0.3 is 11.8 Å². The van der Waals surface area contributed by atoms with Gasteiger partial charge in [-0.1, -0.05) is 40.9 Å². The Hall–Kier alpha value is -2.57. The zero-order chi connectivity index (χ0) is 18.4. The molecule has 0 saturated heterocycles. The number of nitrogens with zero attached hydrogens (tertiary/aromatic N) is 1. The summed E-state index contributed by atoms with van der Waals surface area (Å²) in [5, 5.41) is 6.79. The van der Waals surface area contributed by atoms with Crippen molar-refractivity contribution in [2.75, 3.05) is 12.4 Å². The molecule has 0 aliphatic carbocycles. The molecule has 2 rings (SSSR count). The van der Waals surface area contributed by atoms with E-state index in [1.165, 1.54) is 13.3 Å². The van der Waals surface area contributed by atoms with E-state index in [1.807, 2.05) is 19.1 Å². The molecule has 0 atom stereocenters. The maximum absolute atomic E-state index is 11.8. The minimum Gasteiger partial charge on any atom is -0.494 e. The van der Waals surface area contributed by atoms with E-state index in [1.54, 1.807) is 24.3 Å². The van der Waals surface area contributed by atoms with E-state index >= 15 is 0 Å². The Balaban J connectivity index is 1.95. The average molecular weight is 380 g/mol. The Morgan fingerprint density at radius 3 is 2.24 bits per heavy atom. The number of nitrogens with one attached hydrogen (secondary N) is 2. The molecule has 0 aromatic heterocycles. The second-order valence-electron chi connectivity index (χ2n) is 5.04. The molecule has 2 aromatic rings. The summed E-state index contributed by atoms with van der Waals surface area (Å²) in [5.41, 5.74) is 4.23. The molecular formula is C17H15Cl2N3O3. The van der Waals surface area contributed by atoms with Crippen LogP contribution in [0.4, 0.5) is 5.69 Å². The monoisotopic (exact) mass is 379 g/mol. The molecule has 0 aliphatic heterocycles. The number of hydrogen-bond donors (Lipinski definition) is 2. The number of hydrogen-bond acceptors (Lipinski definition) is 4. The van der Waals surface area contributed by atoms with Gasteiger partial charge in [-0.25, -0.2) is 5.43 Å². The lowest BCUT2D eigenvalue weighted by molar-refractivity contribution is -0.136. The second-order valence-corrected chi connectivity index (χ2v) is 5.85. The van der Waals surface area contributed by atoms with Gasteiger partial charge in [-0.3, -0.25) is 9.59 Å². The van der Waals surface area contributed by atoms with Crippen molar-refractivity contribution in [1.82, 2.24) is 5.43 Å². The van der Waals surface area contributed by atoms with Gasteiger partial charge in [0, 0.05) is 5.69 Å². The summed E-state index contributed by atoms with van der Waals surface area (Å²) in [6.45, 7) is 1.92. The minimum atomic E-state index is -0.900. The summed E-state index contributed by atoms with van der Waals surface area (Å²) >= 11 is 12.0. The van der Waals surface area contributed by atoms with E-state index in [-0.39, 0.29) is 0 Å². The van der Waals surface area contributed by atoms with Crippen molar-refractivity contribution >= 4 is 46.9 Å². The Kier molecular flexibility index (Phi) is 6.38. The maximum Gasteiger partial charge on any atom is 0.329 e. The van der Waals surface area contributed by atoms with Crippen molar-refractivity contribution < 1.29 is 14.3 Å². The van der Waals surface area contributed by atoms with Crippen molar-refractivity contribution in [3.8, 4) is 5.75 Å². The number of methoxy groups -OCH3 is 1. The standard InChI is InChI=1S/C17H15Cl2N3O3/c1-10-3-5-12(6-4-10)21-16(23)17(24)22-20-9-11-7-13(18)15(25-2)14(19)8-11/h3-9H,1-2H3,(H,21,23)(H,22,24)/b20-9-. The number of benzene rings is 2. The first-order valence-electron chi connectivity index (χ1n) is 7.15. The molecule has 6 nitrogen and oxygen atoms in total. The van der Waals surface area contributed by atoms with E-state index in [4.69, 9.17) is 27.9 Å². The maximum atomic E-state index is 11.8. The summed E-state index contributed by atoms with van der Waals surface area (Å²) in [4.78, 5) is 23.5. The van der Waals surface area contributed by atoms with Crippen molar-refractivity contribution in [1.29, 1.82) is 0 Å². The molecule has 0 fully saturated rings. The third kappa shape index (κ3) is 5.20. The summed E-state index contributed by atoms with van der Waals surface area (Å²) < 4.78 is 5.04. The third-order valence-electron chi connectivity index (χ3n) is 3.12. The quantitative estimate of drug-likeness (QED) is 0.485. The first kappa shape index (κ1) is 18.8. The van der Waals surface area contributed by atoms with Crippen molar-refractivity contribution in [3.05, 3.63) is 57.6 Å². The zero-order valence-corrected chi connectivity index (χ0v) is 15.0. The number of carbonyl (C=O) groups excluding carboxylic acids is 2. The molecule has 0 radical (unpaired) electrons. The van der Waals surface area contributed by atoms with Gasteiger partial charge in [0.2, 0.25) is 0 Å². The Labute approximate surface area is 154 Å². The van der Waals surface area contributed by atoms with Gasteiger partial charge in [0.15, 0.2) is 5.75 Å². The molecule has 25 heavy (non-hydrogen) atoms. The van der Waals surface area contributed by atoms with E-state index in [0.717, 1.165) is 5.56 Å². The van der Waals surface area contributed by atoms with E-state index in [2.05, 4.69) is 15.8 Å². The van der Waals surface area contributed by atoms with Crippen LogP contribution in [0, 0.1) is 6.92 Å².